The minimum atomic E-state index is -1.62. The van der Waals surface area contributed by atoms with Crippen molar-refractivity contribution < 1.29 is 38.5 Å². The summed E-state index contributed by atoms with van der Waals surface area (Å²) in [6, 6.07) is 23.3. The van der Waals surface area contributed by atoms with Crippen molar-refractivity contribution in [1.82, 2.24) is 9.91 Å². The number of ether oxygens (including phenoxy) is 1. The van der Waals surface area contributed by atoms with E-state index in [0.717, 1.165) is 10.6 Å². The smallest absolute Gasteiger partial charge is 0.260 e. The summed E-state index contributed by atoms with van der Waals surface area (Å²) in [5.41, 5.74) is 3.97. The Morgan fingerprint density at radius 1 is 0.887 bits per heavy atom. The normalized spacial score (nSPS) is 26.2. The molecule has 0 radical (unpaired) electrons. The molecule has 1 saturated carbocycles. The van der Waals surface area contributed by atoms with E-state index in [1.807, 2.05) is 6.08 Å². The molecule has 2 saturated heterocycles. The Morgan fingerprint density at radius 2 is 1.60 bits per heavy atom. The van der Waals surface area contributed by atoms with Gasteiger partial charge in [-0.25, -0.2) is 4.39 Å². The molecular weight excluding hydrogens is 701 g/mol. The highest BCUT2D eigenvalue weighted by Gasteiger charge is 2.70. The number of rotatable bonds is 8. The minimum Gasteiger partial charge on any atom is -0.508 e. The molecule has 0 unspecified atom stereocenters. The summed E-state index contributed by atoms with van der Waals surface area (Å²) in [7, 11) is 1.47. The molecule has 2 aliphatic carbocycles. The number of carbonyl (C=O) groups excluding carboxylic acids is 4. The number of hydrazine groups is 1. The largest absolute Gasteiger partial charge is 0.508 e. The predicted octanol–water partition coefficient (Wildman–Crippen LogP) is 6.13. The van der Waals surface area contributed by atoms with Crippen molar-refractivity contribution in [3.63, 3.8) is 0 Å². The van der Waals surface area contributed by atoms with Crippen molar-refractivity contribution in [2.45, 2.75) is 30.6 Å². The summed E-state index contributed by atoms with van der Waals surface area (Å²) in [5.74, 6) is -6.04. The van der Waals surface area contributed by atoms with Crippen molar-refractivity contribution in [3.8, 4) is 17.2 Å². The fraction of sp³-hybridized carbons (Fsp3) is 0.268. The van der Waals surface area contributed by atoms with Crippen LogP contribution in [-0.4, -0.2) is 57.4 Å². The Labute approximate surface area is 309 Å². The van der Waals surface area contributed by atoms with Crippen molar-refractivity contribution in [1.29, 1.82) is 0 Å². The molecule has 3 fully saturated rings. The van der Waals surface area contributed by atoms with Crippen molar-refractivity contribution in [3.05, 3.63) is 130 Å². The molecule has 12 heteroatoms. The number of allylic oxidation sites excluding steroid dienone is 2. The first-order chi connectivity index (χ1) is 25.5. The molecular formula is C41H35ClFN3O7. The minimum absolute atomic E-state index is 0.0695. The van der Waals surface area contributed by atoms with Gasteiger partial charge in [-0.3, -0.25) is 29.5 Å². The number of fused-ring (bicyclic) bond motifs is 4. The van der Waals surface area contributed by atoms with E-state index < -0.39 is 52.6 Å². The van der Waals surface area contributed by atoms with Crippen molar-refractivity contribution in [2.75, 3.05) is 19.1 Å². The number of aromatic hydroxyl groups is 2. The molecule has 270 valence electrons. The van der Waals surface area contributed by atoms with E-state index in [4.69, 9.17) is 16.3 Å². The van der Waals surface area contributed by atoms with Crippen LogP contribution in [0.25, 0.3) is 0 Å². The summed E-state index contributed by atoms with van der Waals surface area (Å²) >= 11 is 6.35. The highest BCUT2D eigenvalue weighted by atomic mass is 35.5. The maximum atomic E-state index is 15.2. The van der Waals surface area contributed by atoms with E-state index in [1.165, 1.54) is 42.3 Å². The van der Waals surface area contributed by atoms with Crippen LogP contribution in [0.2, 0.25) is 5.02 Å². The quantitative estimate of drug-likeness (QED) is 0.145. The molecule has 2 aliphatic heterocycles. The van der Waals surface area contributed by atoms with Crippen LogP contribution in [0.15, 0.2) is 103 Å². The van der Waals surface area contributed by atoms with Gasteiger partial charge in [0.1, 0.15) is 23.1 Å². The molecule has 0 bridgehead atoms. The van der Waals surface area contributed by atoms with Crippen LogP contribution >= 0.6 is 11.6 Å². The summed E-state index contributed by atoms with van der Waals surface area (Å²) in [6.45, 7) is 0.144. The zero-order valence-corrected chi connectivity index (χ0v) is 29.3. The first kappa shape index (κ1) is 34.4. The average Bonchev–Trinajstić information content (AvgIpc) is 3.53. The van der Waals surface area contributed by atoms with E-state index in [-0.39, 0.29) is 42.7 Å². The van der Waals surface area contributed by atoms with Gasteiger partial charge in [-0.15, -0.1) is 0 Å². The number of hydrogen-bond donors (Lipinski definition) is 3. The zero-order valence-electron chi connectivity index (χ0n) is 28.5. The van der Waals surface area contributed by atoms with Crippen molar-refractivity contribution in [2.24, 2.45) is 23.7 Å². The Balaban J connectivity index is 1.27. The molecule has 4 aromatic rings. The number of hydrogen-bond acceptors (Lipinski definition) is 8. The number of nitrogens with zero attached hydrogens (tertiary/aromatic N) is 2. The van der Waals surface area contributed by atoms with Gasteiger partial charge >= 0.3 is 0 Å². The van der Waals surface area contributed by atoms with Gasteiger partial charge < -0.3 is 14.9 Å². The third kappa shape index (κ3) is 5.44. The highest BCUT2D eigenvalue weighted by Crippen LogP contribution is 2.65. The van der Waals surface area contributed by atoms with E-state index in [1.54, 1.807) is 60.7 Å². The number of amides is 4. The maximum Gasteiger partial charge on any atom is 0.260 e. The average molecular weight is 736 g/mol. The molecule has 4 aliphatic rings. The van der Waals surface area contributed by atoms with Gasteiger partial charge in [0, 0.05) is 29.1 Å². The van der Waals surface area contributed by atoms with Crippen LogP contribution in [-0.2, 0) is 31.0 Å². The summed E-state index contributed by atoms with van der Waals surface area (Å²) < 4.78 is 19.2. The zero-order chi connectivity index (χ0) is 37.2. The monoisotopic (exact) mass is 735 g/mol. The number of phenolic OH excluding ortho intramolecular Hbond substituents is 2. The Kier molecular flexibility index (Phi) is 8.48. The second kappa shape index (κ2) is 13.1. The van der Waals surface area contributed by atoms with E-state index >= 15 is 4.79 Å². The first-order valence-corrected chi connectivity index (χ1v) is 17.8. The number of anilines is 1. The van der Waals surface area contributed by atoms with Crippen LogP contribution in [0, 0.1) is 29.5 Å². The van der Waals surface area contributed by atoms with Gasteiger partial charge in [-0.2, -0.15) is 5.01 Å². The van der Waals surface area contributed by atoms with Gasteiger partial charge in [0.2, 0.25) is 11.8 Å². The maximum absolute atomic E-state index is 15.2. The summed E-state index contributed by atoms with van der Waals surface area (Å²) in [6.07, 6.45) is 2.60. The molecule has 8 rings (SSSR count). The number of imide groups is 2. The molecule has 4 aromatic carbocycles. The van der Waals surface area contributed by atoms with Crippen LogP contribution in [0.3, 0.4) is 0 Å². The van der Waals surface area contributed by atoms with Gasteiger partial charge in [-0.1, -0.05) is 53.6 Å². The third-order valence-corrected chi connectivity index (χ3v) is 11.7. The van der Waals surface area contributed by atoms with Crippen molar-refractivity contribution >= 4 is 40.9 Å². The lowest BCUT2D eigenvalue weighted by molar-refractivity contribution is -0.141. The van der Waals surface area contributed by atoms with Gasteiger partial charge in [-0.05, 0) is 90.9 Å². The number of nitrogens with one attached hydrogen (secondary N) is 1. The second-order valence-electron chi connectivity index (χ2n) is 14.0. The third-order valence-electron chi connectivity index (χ3n) is 11.5. The second-order valence-corrected chi connectivity index (χ2v) is 14.5. The van der Waals surface area contributed by atoms with Crippen LogP contribution in [0.5, 0.6) is 17.2 Å². The van der Waals surface area contributed by atoms with E-state index in [0.29, 0.717) is 39.6 Å². The molecule has 4 amide bonds. The lowest BCUT2D eigenvalue weighted by Gasteiger charge is -2.50. The number of methoxy groups -OCH3 is 1. The lowest BCUT2D eigenvalue weighted by atomic mass is 9.49. The van der Waals surface area contributed by atoms with Crippen LogP contribution in [0.4, 0.5) is 10.1 Å². The number of likely N-dealkylation sites (tertiary alicyclic amines) is 1. The van der Waals surface area contributed by atoms with E-state index in [2.05, 4.69) is 5.43 Å². The number of halogens is 2. The number of phenols is 2. The van der Waals surface area contributed by atoms with Gasteiger partial charge in [0.25, 0.3) is 11.8 Å². The Morgan fingerprint density at radius 3 is 2.28 bits per heavy atom. The van der Waals surface area contributed by atoms with E-state index in [9.17, 15) is 29.0 Å². The lowest BCUT2D eigenvalue weighted by Crippen LogP contribution is -2.53. The fourth-order valence-electron chi connectivity index (χ4n) is 9.08. The molecule has 53 heavy (non-hydrogen) atoms. The van der Waals surface area contributed by atoms with Crippen LogP contribution < -0.4 is 10.2 Å². The predicted molar refractivity (Wildman–Crippen MR) is 192 cm³/mol. The Hall–Kier alpha value is -5.68. The SMILES string of the molecule is COc1ccc([C@H]2C3=CC[C@@H]4C(=O)N(CCc5ccc(O)cc5)C(=O)[C@@H]4[C@@H]3C[C@H]3C(=O)N(Nc4ccc(F)cc4)C(=O)[C@@]23c2ccc(Cl)cc2)c(O)c1. The molecule has 3 N–H and O–H groups in total. The Bertz CT molecular complexity index is 2180. The molecule has 2 heterocycles. The standard InChI is InChI=1S/C41H35ClFN3O7/c1-53-28-14-15-30(34(48)20-28)36-29-16-17-31-35(39(51)45(37(31)49)19-18-22-2-12-27(47)13-3-22)32(29)21-33-38(50)46(44-26-10-8-25(43)9-11-26)40(52)41(33,36)23-4-6-24(42)7-5-23/h2-16,20,31-33,35-36,44,47-48H,17-19,21H2,1H3/t31-,32+,33-,35-,36+,41+/m0/s1. The molecule has 0 spiro atoms. The first-order valence-electron chi connectivity index (χ1n) is 17.4. The topological polar surface area (TPSA) is 136 Å². The summed E-state index contributed by atoms with van der Waals surface area (Å²) in [5, 5.41) is 22.7. The number of benzene rings is 4. The van der Waals surface area contributed by atoms with Gasteiger partial charge in [0.15, 0.2) is 0 Å². The summed E-state index contributed by atoms with van der Waals surface area (Å²) in [4.78, 5) is 59.6. The fourth-order valence-corrected chi connectivity index (χ4v) is 9.21. The van der Waals surface area contributed by atoms with Gasteiger partial charge in [0.05, 0.1) is 36.0 Å². The molecule has 0 aromatic heterocycles. The van der Waals surface area contributed by atoms with Crippen LogP contribution in [0.1, 0.15) is 35.4 Å². The highest BCUT2D eigenvalue weighted by molar-refractivity contribution is 6.30. The molecule has 6 atom stereocenters. The number of carbonyl (C=O) groups is 4. The molecule has 10 nitrogen and oxygen atoms in total.